The summed E-state index contributed by atoms with van der Waals surface area (Å²) in [7, 11) is 6.22. The normalized spacial score (nSPS) is 11.2. The molecule has 4 heteroatoms. The fourth-order valence-electron chi connectivity index (χ4n) is 2.09. The van der Waals surface area contributed by atoms with Crippen molar-refractivity contribution < 1.29 is 0 Å². The molecule has 2 rings (SSSR count). The second-order valence-corrected chi connectivity index (χ2v) is 5.09. The molecule has 0 aliphatic rings. The Labute approximate surface area is 114 Å². The van der Waals surface area contributed by atoms with Crippen molar-refractivity contribution in [3.63, 3.8) is 0 Å². The third-order valence-electron chi connectivity index (χ3n) is 3.24. The molecule has 1 heterocycles. The van der Waals surface area contributed by atoms with Crippen LogP contribution in [0.15, 0.2) is 30.3 Å². The summed E-state index contributed by atoms with van der Waals surface area (Å²) in [5.74, 6) is 0.989. The van der Waals surface area contributed by atoms with Gasteiger partial charge in [0.25, 0.3) is 0 Å². The van der Waals surface area contributed by atoms with Crippen LogP contribution in [0, 0.1) is 0 Å². The van der Waals surface area contributed by atoms with E-state index in [4.69, 9.17) is 10.7 Å². The zero-order valence-electron chi connectivity index (χ0n) is 11.9. The molecule has 0 saturated carbocycles. The number of benzene rings is 1. The van der Waals surface area contributed by atoms with Crippen LogP contribution in [0.3, 0.4) is 0 Å². The lowest BCUT2D eigenvalue weighted by Gasteiger charge is -2.23. The Morgan fingerprint density at radius 1 is 1.11 bits per heavy atom. The van der Waals surface area contributed by atoms with E-state index in [0.717, 1.165) is 35.4 Å². The number of nitrogens with two attached hydrogens (primary N) is 1. The van der Waals surface area contributed by atoms with E-state index in [1.807, 2.05) is 18.2 Å². The van der Waals surface area contributed by atoms with Crippen molar-refractivity contribution in [2.24, 2.45) is 5.73 Å². The minimum atomic E-state index is 0.513. The van der Waals surface area contributed by atoms with E-state index in [9.17, 15) is 0 Å². The molecule has 2 aromatic rings. The van der Waals surface area contributed by atoms with Crippen molar-refractivity contribution in [1.82, 2.24) is 9.88 Å². The van der Waals surface area contributed by atoms with Crippen molar-refractivity contribution in [2.45, 2.75) is 6.54 Å². The third-order valence-corrected chi connectivity index (χ3v) is 3.24. The fourth-order valence-corrected chi connectivity index (χ4v) is 2.09. The van der Waals surface area contributed by atoms with Crippen molar-refractivity contribution in [2.75, 3.05) is 39.1 Å². The number of hydrogen-bond donors (Lipinski definition) is 1. The Morgan fingerprint density at radius 2 is 1.84 bits per heavy atom. The van der Waals surface area contributed by atoms with Gasteiger partial charge in [0.05, 0.1) is 5.52 Å². The summed E-state index contributed by atoms with van der Waals surface area (Å²) in [6, 6.07) is 10.3. The first-order valence-electron chi connectivity index (χ1n) is 6.56. The molecule has 0 aliphatic heterocycles. The number of pyridine rings is 1. The lowest BCUT2D eigenvalue weighted by molar-refractivity contribution is 0.416. The zero-order valence-corrected chi connectivity index (χ0v) is 11.9. The topological polar surface area (TPSA) is 45.4 Å². The van der Waals surface area contributed by atoms with E-state index in [2.05, 4.69) is 43.1 Å². The molecule has 1 aromatic carbocycles. The van der Waals surface area contributed by atoms with Crippen molar-refractivity contribution in [1.29, 1.82) is 0 Å². The number of aromatic nitrogens is 1. The van der Waals surface area contributed by atoms with Crippen LogP contribution in [-0.4, -0.2) is 44.1 Å². The summed E-state index contributed by atoms with van der Waals surface area (Å²) in [4.78, 5) is 9.09. The van der Waals surface area contributed by atoms with Crippen LogP contribution < -0.4 is 10.6 Å². The molecule has 19 heavy (non-hydrogen) atoms. The molecule has 2 N–H and O–H groups in total. The molecule has 0 fully saturated rings. The predicted octanol–water partition coefficient (Wildman–Crippen LogP) is 1.69. The number of hydrogen-bond acceptors (Lipinski definition) is 4. The average molecular weight is 258 g/mol. The summed E-state index contributed by atoms with van der Waals surface area (Å²) in [5, 5.41) is 1.15. The van der Waals surface area contributed by atoms with Crippen molar-refractivity contribution in [3.8, 4) is 0 Å². The molecule has 0 unspecified atom stereocenters. The van der Waals surface area contributed by atoms with Gasteiger partial charge in [-0.1, -0.05) is 18.2 Å². The highest BCUT2D eigenvalue weighted by Gasteiger charge is 2.10. The van der Waals surface area contributed by atoms with Crippen LogP contribution in [0.1, 0.15) is 5.56 Å². The molecule has 0 saturated heterocycles. The molecule has 0 amide bonds. The highest BCUT2D eigenvalue weighted by atomic mass is 15.2. The van der Waals surface area contributed by atoms with Gasteiger partial charge >= 0.3 is 0 Å². The molecule has 102 valence electrons. The molecule has 0 bridgehead atoms. The highest BCUT2D eigenvalue weighted by Crippen LogP contribution is 2.22. The van der Waals surface area contributed by atoms with Gasteiger partial charge in [-0.15, -0.1) is 0 Å². The molecule has 0 radical (unpaired) electrons. The van der Waals surface area contributed by atoms with Gasteiger partial charge < -0.3 is 15.5 Å². The third kappa shape index (κ3) is 3.22. The second kappa shape index (κ2) is 5.99. The molecule has 1 aromatic heterocycles. The van der Waals surface area contributed by atoms with E-state index >= 15 is 0 Å². The fraction of sp³-hybridized carbons (Fsp3) is 0.400. The van der Waals surface area contributed by atoms with Gasteiger partial charge in [-0.05, 0) is 26.2 Å². The molecule has 0 aliphatic carbocycles. The number of likely N-dealkylation sites (N-methyl/N-ethyl adjacent to an activating group) is 2. The smallest absolute Gasteiger partial charge is 0.133 e. The molecule has 0 atom stereocenters. The first-order valence-corrected chi connectivity index (χ1v) is 6.56. The summed E-state index contributed by atoms with van der Waals surface area (Å²) < 4.78 is 0. The quantitative estimate of drug-likeness (QED) is 0.886. The molecule has 4 nitrogen and oxygen atoms in total. The van der Waals surface area contributed by atoms with Crippen LogP contribution in [0.25, 0.3) is 10.9 Å². The Morgan fingerprint density at radius 3 is 2.53 bits per heavy atom. The minimum Gasteiger partial charge on any atom is -0.358 e. The molecular formula is C15H22N4. The van der Waals surface area contributed by atoms with Gasteiger partial charge in [-0.3, -0.25) is 0 Å². The standard InChI is InChI=1S/C15H22N4/c1-18(2)8-9-19(3)15-13(11-16)10-12-6-4-5-7-14(12)17-15/h4-7,10H,8-9,11,16H2,1-3H3. The number of anilines is 1. The monoisotopic (exact) mass is 258 g/mol. The van der Waals surface area contributed by atoms with Crippen LogP contribution in [0.4, 0.5) is 5.82 Å². The highest BCUT2D eigenvalue weighted by molar-refractivity contribution is 5.81. The summed E-state index contributed by atoms with van der Waals surface area (Å²) >= 11 is 0. The molecule has 0 spiro atoms. The van der Waals surface area contributed by atoms with E-state index in [1.165, 1.54) is 0 Å². The van der Waals surface area contributed by atoms with Crippen molar-refractivity contribution >= 4 is 16.7 Å². The lowest BCUT2D eigenvalue weighted by atomic mass is 10.1. The van der Waals surface area contributed by atoms with E-state index in [1.54, 1.807) is 0 Å². The van der Waals surface area contributed by atoms with Gasteiger partial charge in [-0.25, -0.2) is 4.98 Å². The first kappa shape index (κ1) is 13.8. The Kier molecular flexibility index (Phi) is 4.35. The summed E-state index contributed by atoms with van der Waals surface area (Å²) in [6.07, 6.45) is 0. The number of fused-ring (bicyclic) bond motifs is 1. The Balaban J connectivity index is 2.34. The van der Waals surface area contributed by atoms with E-state index in [-0.39, 0.29) is 0 Å². The second-order valence-electron chi connectivity index (χ2n) is 5.09. The van der Waals surface area contributed by atoms with E-state index in [0.29, 0.717) is 6.54 Å². The maximum Gasteiger partial charge on any atom is 0.133 e. The van der Waals surface area contributed by atoms with Gasteiger partial charge in [0.15, 0.2) is 0 Å². The van der Waals surface area contributed by atoms with Gasteiger partial charge in [-0.2, -0.15) is 0 Å². The van der Waals surface area contributed by atoms with Crippen molar-refractivity contribution in [3.05, 3.63) is 35.9 Å². The average Bonchev–Trinajstić information content (AvgIpc) is 2.43. The first-order chi connectivity index (χ1) is 9.11. The van der Waals surface area contributed by atoms with Crippen LogP contribution in [-0.2, 0) is 6.54 Å². The number of rotatable bonds is 5. The number of para-hydroxylation sites is 1. The van der Waals surface area contributed by atoms with Crippen LogP contribution >= 0.6 is 0 Å². The zero-order chi connectivity index (χ0) is 13.8. The SMILES string of the molecule is CN(C)CCN(C)c1nc2ccccc2cc1CN. The Bertz CT molecular complexity index is 551. The maximum absolute atomic E-state index is 5.86. The summed E-state index contributed by atoms with van der Waals surface area (Å²) in [6.45, 7) is 2.44. The molecular weight excluding hydrogens is 236 g/mol. The van der Waals surface area contributed by atoms with Crippen LogP contribution in [0.5, 0.6) is 0 Å². The lowest BCUT2D eigenvalue weighted by Crippen LogP contribution is -2.30. The van der Waals surface area contributed by atoms with Crippen LogP contribution in [0.2, 0.25) is 0 Å². The number of nitrogens with zero attached hydrogens (tertiary/aromatic N) is 3. The Hall–Kier alpha value is -1.65. The maximum atomic E-state index is 5.86. The van der Waals surface area contributed by atoms with Gasteiger partial charge in [0.1, 0.15) is 5.82 Å². The summed E-state index contributed by atoms with van der Waals surface area (Å²) in [5.41, 5.74) is 7.98. The predicted molar refractivity (Wildman–Crippen MR) is 81.5 cm³/mol. The van der Waals surface area contributed by atoms with Gasteiger partial charge in [0, 0.05) is 37.6 Å². The largest absolute Gasteiger partial charge is 0.358 e. The minimum absolute atomic E-state index is 0.513. The van der Waals surface area contributed by atoms with Gasteiger partial charge in [0.2, 0.25) is 0 Å². The van der Waals surface area contributed by atoms with E-state index < -0.39 is 0 Å².